The molecule has 0 radical (unpaired) electrons. The molecule has 26 heteroatoms. The van der Waals surface area contributed by atoms with Crippen LogP contribution in [0, 0.1) is 12.7 Å². The van der Waals surface area contributed by atoms with Crippen LogP contribution in [0.2, 0.25) is 0 Å². The van der Waals surface area contributed by atoms with E-state index >= 15 is 4.39 Å². The van der Waals surface area contributed by atoms with Crippen molar-refractivity contribution in [2.24, 2.45) is 0 Å². The lowest BCUT2D eigenvalue weighted by molar-refractivity contribution is -0.172. The SMILES string of the molecule is CC[C@@]1(O)C(=O)OCc2c1cc1n(c2=O)Cc2c-1nc1cc(F)c(C)c3c1c2[C@H](NC(=O)[C@H](C)OCNC(=O)CNC(=O)[C@H](Cc1ccccc1)NC(=O)CNC(=O)CNC(=O)[C@@H](CNCC(=O)O)N1C(=O)C=CC1=O)CC3. The number of benzene rings is 2. The molecular formula is C52H55FN10O15. The van der Waals surface area contributed by atoms with Crippen molar-refractivity contribution in [2.75, 3.05) is 39.5 Å². The molecule has 25 nitrogen and oxygen atoms in total. The molecule has 4 aromatic rings. The lowest BCUT2D eigenvalue weighted by Crippen LogP contribution is -2.56. The summed E-state index contributed by atoms with van der Waals surface area (Å²) in [4.78, 5) is 147. The minimum Gasteiger partial charge on any atom is -0.480 e. The molecule has 2 aromatic carbocycles. The first-order valence-corrected chi connectivity index (χ1v) is 24.8. The molecule has 410 valence electrons. The Bertz CT molecular complexity index is 3260. The average molecular weight is 1080 g/mol. The summed E-state index contributed by atoms with van der Waals surface area (Å²) in [6.45, 7) is 0.932. The van der Waals surface area contributed by atoms with Crippen LogP contribution in [0.1, 0.15) is 71.7 Å². The molecule has 8 rings (SSSR count). The highest BCUT2D eigenvalue weighted by Gasteiger charge is 2.46. The van der Waals surface area contributed by atoms with E-state index < -0.39 is 140 Å². The molecule has 8 amide bonds. The van der Waals surface area contributed by atoms with Crippen molar-refractivity contribution in [3.05, 3.63) is 110 Å². The second-order valence-electron chi connectivity index (χ2n) is 18.9. The largest absolute Gasteiger partial charge is 0.480 e. The number of fused-ring (bicyclic) bond motifs is 5. The van der Waals surface area contributed by atoms with Crippen LogP contribution in [0.4, 0.5) is 4.39 Å². The zero-order valence-electron chi connectivity index (χ0n) is 42.4. The van der Waals surface area contributed by atoms with Crippen LogP contribution in [0.25, 0.3) is 22.3 Å². The molecule has 78 heavy (non-hydrogen) atoms. The van der Waals surface area contributed by atoms with E-state index in [1.54, 1.807) is 50.2 Å². The molecule has 1 aliphatic carbocycles. The van der Waals surface area contributed by atoms with E-state index in [-0.39, 0.29) is 42.6 Å². The zero-order valence-corrected chi connectivity index (χ0v) is 42.4. The Morgan fingerprint density at radius 2 is 1.55 bits per heavy atom. The predicted octanol–water partition coefficient (Wildman–Crippen LogP) is -1.85. The van der Waals surface area contributed by atoms with Gasteiger partial charge in [0, 0.05) is 47.7 Å². The number of carbonyl (C=O) groups is 10. The van der Waals surface area contributed by atoms with Gasteiger partial charge in [0.05, 0.1) is 61.2 Å². The van der Waals surface area contributed by atoms with Crippen LogP contribution in [0.5, 0.6) is 0 Å². The number of halogens is 1. The molecule has 0 saturated heterocycles. The number of aryl methyl sites for hydroxylation is 1. The molecule has 9 N–H and O–H groups in total. The number of hydrogen-bond donors (Lipinski definition) is 9. The summed E-state index contributed by atoms with van der Waals surface area (Å²) >= 11 is 0. The first-order valence-electron chi connectivity index (χ1n) is 24.8. The Morgan fingerprint density at radius 1 is 0.872 bits per heavy atom. The Morgan fingerprint density at radius 3 is 2.24 bits per heavy atom. The maximum Gasteiger partial charge on any atom is 0.343 e. The monoisotopic (exact) mass is 1080 g/mol. The van der Waals surface area contributed by atoms with Gasteiger partial charge in [0.1, 0.15) is 37.3 Å². The van der Waals surface area contributed by atoms with Crippen molar-refractivity contribution < 1.29 is 72.0 Å². The summed E-state index contributed by atoms with van der Waals surface area (Å²) < 4.78 is 27.8. The number of aliphatic hydroxyl groups is 1. The number of carboxylic acid groups (broad SMARTS) is 1. The summed E-state index contributed by atoms with van der Waals surface area (Å²) in [5.41, 5.74) is 1.58. The van der Waals surface area contributed by atoms with Crippen LogP contribution in [0.15, 0.2) is 59.4 Å². The third-order valence-corrected chi connectivity index (χ3v) is 14.0. The molecule has 2 aromatic heterocycles. The lowest BCUT2D eigenvalue weighted by atomic mass is 9.81. The highest BCUT2D eigenvalue weighted by molar-refractivity contribution is 6.15. The molecule has 5 atom stereocenters. The molecule has 3 aliphatic heterocycles. The minimum absolute atomic E-state index is 0.0285. The van der Waals surface area contributed by atoms with Crippen molar-refractivity contribution in [1.82, 2.24) is 51.7 Å². The number of amides is 8. The number of imide groups is 1. The molecule has 5 heterocycles. The predicted molar refractivity (Wildman–Crippen MR) is 268 cm³/mol. The second kappa shape index (κ2) is 23.2. The van der Waals surface area contributed by atoms with Gasteiger partial charge >= 0.3 is 11.9 Å². The van der Waals surface area contributed by atoms with Crippen LogP contribution >= 0.6 is 0 Å². The van der Waals surface area contributed by atoms with E-state index in [1.165, 1.54) is 17.6 Å². The number of aromatic nitrogens is 2. The van der Waals surface area contributed by atoms with Crippen molar-refractivity contribution in [3.63, 3.8) is 0 Å². The third kappa shape index (κ3) is 11.5. The molecular weight excluding hydrogens is 1020 g/mol. The van der Waals surface area contributed by atoms with E-state index in [0.29, 0.717) is 62.3 Å². The van der Waals surface area contributed by atoms with Crippen LogP contribution < -0.4 is 42.8 Å². The number of carboxylic acids is 1. The summed E-state index contributed by atoms with van der Waals surface area (Å²) in [6.07, 6.45) is 1.33. The highest BCUT2D eigenvalue weighted by Crippen LogP contribution is 2.46. The molecule has 0 spiro atoms. The normalized spacial score (nSPS) is 17.9. The number of pyridine rings is 2. The van der Waals surface area contributed by atoms with Gasteiger partial charge in [0.2, 0.25) is 35.4 Å². The fraction of sp³-hybridized carbons (Fsp3) is 0.385. The second-order valence-corrected chi connectivity index (χ2v) is 18.9. The van der Waals surface area contributed by atoms with E-state index in [9.17, 15) is 57.8 Å². The number of rotatable bonds is 22. The van der Waals surface area contributed by atoms with Crippen molar-refractivity contribution >= 4 is 70.1 Å². The Hall–Kier alpha value is -8.75. The first-order chi connectivity index (χ1) is 37.2. The van der Waals surface area contributed by atoms with Gasteiger partial charge in [-0.05, 0) is 61.4 Å². The third-order valence-electron chi connectivity index (χ3n) is 14.0. The number of aliphatic carboxylic acids is 1. The van der Waals surface area contributed by atoms with Crippen LogP contribution in [0.3, 0.4) is 0 Å². The van der Waals surface area contributed by atoms with Gasteiger partial charge in [-0.1, -0.05) is 37.3 Å². The number of cyclic esters (lactones) is 1. The summed E-state index contributed by atoms with van der Waals surface area (Å²) in [6, 6.07) is 7.96. The highest BCUT2D eigenvalue weighted by atomic mass is 19.1. The fourth-order valence-corrected chi connectivity index (χ4v) is 9.83. The van der Waals surface area contributed by atoms with E-state index in [1.807, 2.05) is 0 Å². The van der Waals surface area contributed by atoms with Gasteiger partial charge in [0.15, 0.2) is 5.60 Å². The average Bonchev–Trinajstić information content (AvgIpc) is 4.15. The summed E-state index contributed by atoms with van der Waals surface area (Å²) in [7, 11) is 0. The Kier molecular flexibility index (Phi) is 16.5. The molecule has 0 saturated carbocycles. The van der Waals surface area contributed by atoms with Crippen molar-refractivity contribution in [2.45, 2.75) is 89.4 Å². The Balaban J connectivity index is 0.848. The number of ether oxygens (including phenoxy) is 2. The minimum atomic E-state index is -2.07. The molecule has 0 unspecified atom stereocenters. The number of hydrogen-bond acceptors (Lipinski definition) is 16. The molecule has 0 fully saturated rings. The van der Waals surface area contributed by atoms with Crippen molar-refractivity contribution in [1.29, 1.82) is 0 Å². The van der Waals surface area contributed by atoms with Gasteiger partial charge in [-0.2, -0.15) is 0 Å². The Labute approximate surface area is 442 Å². The number of nitrogens with zero attached hydrogens (tertiary/aromatic N) is 3. The van der Waals surface area contributed by atoms with Crippen molar-refractivity contribution in [3.8, 4) is 11.4 Å². The van der Waals surface area contributed by atoms with Crippen LogP contribution in [-0.4, -0.2) is 142 Å². The number of esters is 1. The summed E-state index contributed by atoms with van der Waals surface area (Å²) in [5.74, 6) is -9.02. The lowest BCUT2D eigenvalue weighted by Gasteiger charge is -2.31. The van der Waals surface area contributed by atoms with E-state index in [0.717, 1.165) is 12.2 Å². The summed E-state index contributed by atoms with van der Waals surface area (Å²) in [5, 5.41) is 38.4. The first kappa shape index (κ1) is 55.5. The topological polar surface area (TPSA) is 352 Å². The number of nitrogens with one attached hydrogen (secondary N) is 7. The van der Waals surface area contributed by atoms with Gasteiger partial charge < -0.3 is 61.5 Å². The zero-order chi connectivity index (χ0) is 56.2. The smallest absolute Gasteiger partial charge is 0.343 e. The van der Waals surface area contributed by atoms with Gasteiger partial charge in [-0.3, -0.25) is 52.8 Å². The molecule has 0 bridgehead atoms. The maximum atomic E-state index is 15.4. The van der Waals surface area contributed by atoms with Gasteiger partial charge in [0.25, 0.3) is 17.4 Å². The quantitative estimate of drug-likeness (QED) is 0.0209. The van der Waals surface area contributed by atoms with E-state index in [2.05, 4.69) is 37.2 Å². The molecule has 4 aliphatic rings. The number of carbonyl (C=O) groups excluding carboxylic acids is 9. The standard InChI is InChI=1S/C52H55FN10O15/c1-4-52(76)31-15-36-46-29(22-62(36)50(74)30(31)23-77-51(52)75)45-33(11-10-28-25(2)32(53)16-34(60-46)44(28)45)61-47(71)26(3)78-24-58-39(65)19-56-48(72)35(14-27-8-6-5-7-9-27)59-40(66)20-55-38(64)18-57-49(73)37(17-54-21-43(69)70)63-41(67)12-13-42(63)68/h5-9,12-13,15-16,26,33,35,37,54,76H,4,10-11,14,17-24H2,1-3H3,(H,55,64)(H,56,72)(H,57,73)(H,58,65)(H,59,66)(H,61,71)(H,69,70)/t26-,33+,35-,37+,52-/m0/s1. The van der Waals surface area contributed by atoms with Gasteiger partial charge in [-0.15, -0.1) is 0 Å². The fourth-order valence-electron chi connectivity index (χ4n) is 9.83. The maximum absolute atomic E-state index is 15.4. The van der Waals surface area contributed by atoms with Gasteiger partial charge in [-0.25, -0.2) is 14.2 Å². The van der Waals surface area contributed by atoms with Crippen LogP contribution in [-0.2, 0) is 89.0 Å². The van der Waals surface area contributed by atoms with E-state index in [4.69, 9.17) is 19.6 Å².